The van der Waals surface area contributed by atoms with Gasteiger partial charge in [-0.2, -0.15) is 5.10 Å². The van der Waals surface area contributed by atoms with Gasteiger partial charge < -0.3 is 15.4 Å². The summed E-state index contributed by atoms with van der Waals surface area (Å²) in [4.78, 5) is 23.1. The van der Waals surface area contributed by atoms with Crippen molar-refractivity contribution in [3.05, 3.63) is 47.0 Å². The molecule has 9 nitrogen and oxygen atoms in total. The van der Waals surface area contributed by atoms with Gasteiger partial charge in [-0.05, 0) is 25.0 Å². The molecule has 4 N–H and O–H groups in total. The zero-order chi connectivity index (χ0) is 23.9. The Kier molecular flexibility index (Phi) is 6.15. The molecule has 0 fully saturated rings. The van der Waals surface area contributed by atoms with E-state index in [1.807, 2.05) is 50.3 Å². The van der Waals surface area contributed by atoms with Crippen molar-refractivity contribution in [2.24, 2.45) is 32.8 Å². The van der Waals surface area contributed by atoms with Crippen LogP contribution in [0.5, 0.6) is 5.75 Å². The molecule has 1 amide bonds. The highest BCUT2D eigenvalue weighted by Crippen LogP contribution is 2.39. The summed E-state index contributed by atoms with van der Waals surface area (Å²) in [5, 5.41) is 13.6. The Morgan fingerprint density at radius 1 is 1.32 bits per heavy atom. The molecular weight excluding hydrogens is 518 g/mol. The van der Waals surface area contributed by atoms with E-state index in [0.717, 1.165) is 15.9 Å². The lowest BCUT2D eigenvalue weighted by Crippen LogP contribution is -2.56. The van der Waals surface area contributed by atoms with Crippen molar-refractivity contribution >= 4 is 56.5 Å². The van der Waals surface area contributed by atoms with Crippen molar-refractivity contribution in [2.75, 3.05) is 5.32 Å². The summed E-state index contributed by atoms with van der Waals surface area (Å²) in [6.45, 7) is 5.90. The maximum absolute atomic E-state index is 13.4. The predicted octanol–water partition coefficient (Wildman–Crippen LogP) is 3.35. The Balaban J connectivity index is 1.43. The van der Waals surface area contributed by atoms with E-state index in [1.54, 1.807) is 5.55 Å². The number of hydrogen-bond donors (Lipinski definition) is 4. The van der Waals surface area contributed by atoms with Gasteiger partial charge in [0.15, 0.2) is 5.50 Å². The van der Waals surface area contributed by atoms with Crippen LogP contribution < -0.4 is 26.1 Å². The zero-order valence-electron chi connectivity index (χ0n) is 18.9. The molecule has 0 aromatic heterocycles. The minimum absolute atomic E-state index is 0.0223. The lowest BCUT2D eigenvalue weighted by atomic mass is 9.76. The summed E-state index contributed by atoms with van der Waals surface area (Å²) in [5.41, 5.74) is 5.82. The van der Waals surface area contributed by atoms with Crippen LogP contribution in [-0.2, 0) is 4.79 Å². The standard InChI is InChI=1S/C23H26BrN7O2S/c1-12-7-6-8-14(24)17(12)19-18(20(32)28-22-31-25-11-34-22)13(2)26-21(27-19)30-23(3)29-15-9-4-5-10-16(15)33-23/h4-12,17-19,22,29,31H,1-3H3,(H,27,30)(H,28,32). The third-order valence-corrected chi connectivity index (χ3v) is 7.71. The molecule has 5 rings (SSSR count). The van der Waals surface area contributed by atoms with Gasteiger partial charge >= 0.3 is 0 Å². The number of rotatable bonds is 4. The molecule has 3 heterocycles. The molecule has 6 atom stereocenters. The van der Waals surface area contributed by atoms with Gasteiger partial charge in [-0.15, -0.1) is 0 Å². The Morgan fingerprint density at radius 2 is 2.15 bits per heavy atom. The van der Waals surface area contributed by atoms with Crippen molar-refractivity contribution in [1.82, 2.24) is 16.1 Å². The number of nitrogens with zero attached hydrogens (tertiary/aromatic N) is 3. The van der Waals surface area contributed by atoms with Crippen molar-refractivity contribution in [3.63, 3.8) is 0 Å². The predicted molar refractivity (Wildman–Crippen MR) is 140 cm³/mol. The van der Waals surface area contributed by atoms with E-state index < -0.39 is 11.8 Å². The van der Waals surface area contributed by atoms with Crippen molar-refractivity contribution in [1.29, 1.82) is 0 Å². The number of para-hydroxylation sites is 2. The highest BCUT2D eigenvalue weighted by Gasteiger charge is 2.44. The number of guanidine groups is 1. The normalized spacial score (nSPS) is 33.5. The van der Waals surface area contributed by atoms with Crippen molar-refractivity contribution < 1.29 is 9.53 Å². The largest absolute Gasteiger partial charge is 0.448 e. The van der Waals surface area contributed by atoms with Gasteiger partial charge in [-0.1, -0.05) is 65.0 Å². The molecule has 0 saturated heterocycles. The van der Waals surface area contributed by atoms with Crippen LogP contribution in [0.4, 0.5) is 5.69 Å². The maximum Gasteiger partial charge on any atom is 0.258 e. The molecule has 0 bridgehead atoms. The van der Waals surface area contributed by atoms with Crippen LogP contribution in [0.3, 0.4) is 0 Å². The van der Waals surface area contributed by atoms with E-state index in [-0.39, 0.29) is 29.3 Å². The van der Waals surface area contributed by atoms with E-state index in [1.165, 1.54) is 11.8 Å². The quantitative estimate of drug-likeness (QED) is 0.463. The molecule has 34 heavy (non-hydrogen) atoms. The van der Waals surface area contributed by atoms with Crippen LogP contribution in [0, 0.1) is 17.8 Å². The fraction of sp³-hybridized carbons (Fsp3) is 0.391. The van der Waals surface area contributed by atoms with Crippen LogP contribution in [0.1, 0.15) is 20.8 Å². The van der Waals surface area contributed by atoms with Crippen LogP contribution in [-0.4, -0.2) is 40.5 Å². The third kappa shape index (κ3) is 4.46. The number of carbonyl (C=O) groups is 1. The second-order valence-electron chi connectivity index (χ2n) is 8.77. The molecule has 178 valence electrons. The smallest absolute Gasteiger partial charge is 0.258 e. The second kappa shape index (κ2) is 9.10. The molecule has 1 aliphatic carbocycles. The number of fused-ring (bicyclic) bond motifs is 1. The maximum atomic E-state index is 13.4. The number of benzene rings is 1. The van der Waals surface area contributed by atoms with Crippen molar-refractivity contribution in [3.8, 4) is 5.75 Å². The zero-order valence-corrected chi connectivity index (χ0v) is 21.4. The summed E-state index contributed by atoms with van der Waals surface area (Å²) < 4.78 is 7.12. The average molecular weight is 544 g/mol. The molecule has 4 aliphatic rings. The fourth-order valence-electron chi connectivity index (χ4n) is 4.64. The number of amides is 1. The number of anilines is 1. The minimum atomic E-state index is -0.918. The number of ether oxygens (including phenoxy) is 1. The van der Waals surface area contributed by atoms with Gasteiger partial charge in [0.05, 0.1) is 23.2 Å². The number of carbonyl (C=O) groups excluding carboxylic acids is 1. The highest BCUT2D eigenvalue weighted by atomic mass is 79.9. The summed E-state index contributed by atoms with van der Waals surface area (Å²) in [7, 11) is 0. The average Bonchev–Trinajstić information content (AvgIpc) is 3.39. The van der Waals surface area contributed by atoms with Gasteiger partial charge in [0.1, 0.15) is 5.75 Å². The van der Waals surface area contributed by atoms with Gasteiger partial charge in [0.25, 0.3) is 5.85 Å². The summed E-state index contributed by atoms with van der Waals surface area (Å²) in [6, 6.07) is 7.37. The van der Waals surface area contributed by atoms with E-state index in [2.05, 4.69) is 60.4 Å². The summed E-state index contributed by atoms with van der Waals surface area (Å²) in [5.74, 6) is -0.253. The van der Waals surface area contributed by atoms with Crippen LogP contribution in [0.25, 0.3) is 0 Å². The first kappa shape index (κ1) is 23.0. The molecule has 0 spiro atoms. The Bertz CT molecular complexity index is 1110. The van der Waals surface area contributed by atoms with Crippen molar-refractivity contribution in [2.45, 2.75) is 38.2 Å². The number of allylic oxidation sites excluding steroid dienone is 3. The molecule has 0 radical (unpaired) electrons. The molecule has 3 aliphatic heterocycles. The molecule has 6 unspecified atom stereocenters. The second-order valence-corrected chi connectivity index (χ2v) is 10.6. The van der Waals surface area contributed by atoms with E-state index in [9.17, 15) is 4.79 Å². The molecule has 0 saturated carbocycles. The number of aliphatic imine (C=N–C) groups is 2. The number of thioether (sulfide) groups is 1. The van der Waals surface area contributed by atoms with Crippen LogP contribution in [0.2, 0.25) is 0 Å². The number of hydrazone groups is 1. The fourth-order valence-corrected chi connectivity index (χ4v) is 6.03. The molecule has 11 heteroatoms. The molecular formula is C23H26BrN7O2S. The van der Waals surface area contributed by atoms with Crippen LogP contribution in [0.15, 0.2) is 62.1 Å². The van der Waals surface area contributed by atoms with E-state index >= 15 is 0 Å². The summed E-state index contributed by atoms with van der Waals surface area (Å²) >= 11 is 5.14. The molecule has 1 aromatic carbocycles. The summed E-state index contributed by atoms with van der Waals surface area (Å²) in [6.07, 6.45) is 6.18. The third-order valence-electron chi connectivity index (χ3n) is 6.19. The Labute approximate surface area is 210 Å². The highest BCUT2D eigenvalue weighted by molar-refractivity contribution is 9.11. The first-order chi connectivity index (χ1) is 16.3. The van der Waals surface area contributed by atoms with Crippen LogP contribution >= 0.6 is 27.7 Å². The molecule has 1 aromatic rings. The Hall–Kier alpha value is -2.79. The number of halogens is 1. The number of nitrogens with one attached hydrogen (secondary N) is 4. The van der Waals surface area contributed by atoms with Gasteiger partial charge in [-0.25, -0.2) is 9.98 Å². The van der Waals surface area contributed by atoms with Gasteiger partial charge in [-0.3, -0.25) is 15.5 Å². The first-order valence-corrected chi connectivity index (χ1v) is 12.8. The topological polar surface area (TPSA) is 112 Å². The SMILES string of the molecule is CC1=NC(NC2(C)Nc3ccccc3O2)=NC(C2C(Br)=CC=CC2C)C1C(=O)NC1NN=CS1. The minimum Gasteiger partial charge on any atom is -0.448 e. The Morgan fingerprint density at radius 3 is 2.88 bits per heavy atom. The first-order valence-electron chi connectivity index (χ1n) is 11.1. The number of hydrogen-bond acceptors (Lipinski definition) is 9. The lowest BCUT2D eigenvalue weighted by molar-refractivity contribution is -0.124. The lowest BCUT2D eigenvalue weighted by Gasteiger charge is -2.37. The van der Waals surface area contributed by atoms with E-state index in [4.69, 9.17) is 9.73 Å². The van der Waals surface area contributed by atoms with E-state index in [0.29, 0.717) is 11.7 Å². The van der Waals surface area contributed by atoms with Gasteiger partial charge in [0, 0.05) is 23.0 Å². The monoisotopic (exact) mass is 543 g/mol. The van der Waals surface area contributed by atoms with Gasteiger partial charge in [0.2, 0.25) is 11.9 Å².